The van der Waals surface area contributed by atoms with E-state index < -0.39 is 0 Å². The van der Waals surface area contributed by atoms with Crippen LogP contribution in [-0.4, -0.2) is 25.7 Å². The Kier molecular flexibility index (Phi) is 5.26. The van der Waals surface area contributed by atoms with E-state index in [0.717, 1.165) is 17.0 Å². The first kappa shape index (κ1) is 19.3. The van der Waals surface area contributed by atoms with Crippen LogP contribution in [0.5, 0.6) is 11.6 Å². The SMILES string of the molecule is Cc1ccc(C(=O)Nc2ccc(Oc3ccc(-n4ccnc4C)nn3)cc2)cc1C. The van der Waals surface area contributed by atoms with Gasteiger partial charge in [0.2, 0.25) is 5.88 Å². The lowest BCUT2D eigenvalue weighted by atomic mass is 10.1. The van der Waals surface area contributed by atoms with Crippen molar-refractivity contribution in [2.24, 2.45) is 0 Å². The number of aromatic nitrogens is 4. The van der Waals surface area contributed by atoms with Gasteiger partial charge in [-0.05, 0) is 74.4 Å². The Balaban J connectivity index is 1.40. The van der Waals surface area contributed by atoms with Crippen molar-refractivity contribution in [3.63, 3.8) is 0 Å². The second-order valence-corrected chi connectivity index (χ2v) is 6.95. The first-order valence-electron chi connectivity index (χ1n) is 9.50. The number of hydrogen-bond acceptors (Lipinski definition) is 5. The third kappa shape index (κ3) is 4.20. The molecule has 7 nitrogen and oxygen atoms in total. The molecule has 0 aliphatic rings. The number of anilines is 1. The molecule has 0 aliphatic heterocycles. The molecule has 2 aromatic heterocycles. The maximum Gasteiger partial charge on any atom is 0.255 e. The molecule has 7 heteroatoms. The molecule has 0 saturated heterocycles. The Hall–Kier alpha value is -4.00. The van der Waals surface area contributed by atoms with E-state index in [1.165, 1.54) is 0 Å². The zero-order chi connectivity index (χ0) is 21.1. The predicted octanol–water partition coefficient (Wildman–Crippen LogP) is 4.63. The monoisotopic (exact) mass is 399 g/mol. The number of rotatable bonds is 5. The second-order valence-electron chi connectivity index (χ2n) is 6.95. The van der Waals surface area contributed by atoms with Crippen LogP contribution >= 0.6 is 0 Å². The molecule has 4 aromatic rings. The zero-order valence-corrected chi connectivity index (χ0v) is 17.0. The number of nitrogens with one attached hydrogen (secondary N) is 1. The molecule has 150 valence electrons. The molecule has 2 heterocycles. The molecule has 0 spiro atoms. The average Bonchev–Trinajstić information content (AvgIpc) is 3.18. The van der Waals surface area contributed by atoms with Crippen LogP contribution in [0.4, 0.5) is 5.69 Å². The summed E-state index contributed by atoms with van der Waals surface area (Å²) in [4.78, 5) is 16.6. The van der Waals surface area contributed by atoms with Gasteiger partial charge in [-0.3, -0.25) is 9.36 Å². The number of imidazole rings is 1. The van der Waals surface area contributed by atoms with E-state index in [9.17, 15) is 4.79 Å². The summed E-state index contributed by atoms with van der Waals surface area (Å²) >= 11 is 0. The Morgan fingerprint density at radius 1 is 0.933 bits per heavy atom. The van der Waals surface area contributed by atoms with Crippen molar-refractivity contribution in [3.05, 3.63) is 89.5 Å². The van der Waals surface area contributed by atoms with E-state index in [4.69, 9.17) is 4.74 Å². The summed E-state index contributed by atoms with van der Waals surface area (Å²) in [5, 5.41) is 11.2. The quantitative estimate of drug-likeness (QED) is 0.529. The molecular formula is C23H21N5O2. The number of carbonyl (C=O) groups excluding carboxylic acids is 1. The predicted molar refractivity (Wildman–Crippen MR) is 114 cm³/mol. The maximum atomic E-state index is 12.4. The summed E-state index contributed by atoms with van der Waals surface area (Å²) in [6.07, 6.45) is 3.53. The molecule has 1 amide bonds. The first-order valence-corrected chi connectivity index (χ1v) is 9.50. The maximum absolute atomic E-state index is 12.4. The molecule has 2 aromatic carbocycles. The van der Waals surface area contributed by atoms with Crippen LogP contribution in [0.3, 0.4) is 0 Å². The number of carbonyl (C=O) groups is 1. The summed E-state index contributed by atoms with van der Waals surface area (Å²) < 4.78 is 7.58. The van der Waals surface area contributed by atoms with E-state index >= 15 is 0 Å². The number of aryl methyl sites for hydroxylation is 3. The highest BCUT2D eigenvalue weighted by atomic mass is 16.5. The molecule has 4 rings (SSSR count). The highest BCUT2D eigenvalue weighted by Crippen LogP contribution is 2.22. The van der Waals surface area contributed by atoms with E-state index in [2.05, 4.69) is 20.5 Å². The number of amides is 1. The summed E-state index contributed by atoms with van der Waals surface area (Å²) in [5.41, 5.74) is 3.55. The van der Waals surface area contributed by atoms with Crippen LogP contribution in [0.25, 0.3) is 5.82 Å². The van der Waals surface area contributed by atoms with Gasteiger partial charge in [0.25, 0.3) is 5.91 Å². The number of benzene rings is 2. The van der Waals surface area contributed by atoms with Gasteiger partial charge >= 0.3 is 0 Å². The Morgan fingerprint density at radius 2 is 1.73 bits per heavy atom. The third-order valence-corrected chi connectivity index (χ3v) is 4.80. The molecule has 0 bridgehead atoms. The average molecular weight is 399 g/mol. The highest BCUT2D eigenvalue weighted by molar-refractivity contribution is 6.04. The van der Waals surface area contributed by atoms with Crippen molar-refractivity contribution in [1.29, 1.82) is 0 Å². The molecule has 30 heavy (non-hydrogen) atoms. The minimum Gasteiger partial charge on any atom is -0.438 e. The van der Waals surface area contributed by atoms with Crippen molar-refractivity contribution >= 4 is 11.6 Å². The summed E-state index contributed by atoms with van der Waals surface area (Å²) in [5.74, 6) is 2.32. The fraction of sp³-hybridized carbons (Fsp3) is 0.130. The Labute approximate surface area is 174 Å². The lowest BCUT2D eigenvalue weighted by Gasteiger charge is -2.09. The van der Waals surface area contributed by atoms with Gasteiger partial charge in [-0.15, -0.1) is 10.2 Å². The largest absolute Gasteiger partial charge is 0.438 e. The van der Waals surface area contributed by atoms with Gasteiger partial charge in [0.05, 0.1) is 0 Å². The summed E-state index contributed by atoms with van der Waals surface area (Å²) in [6, 6.07) is 16.3. The molecule has 0 unspecified atom stereocenters. The van der Waals surface area contributed by atoms with Gasteiger partial charge in [-0.1, -0.05) is 6.07 Å². The van der Waals surface area contributed by atoms with Crippen LogP contribution in [-0.2, 0) is 0 Å². The van der Waals surface area contributed by atoms with Gasteiger partial charge in [0, 0.05) is 29.7 Å². The lowest BCUT2D eigenvalue weighted by molar-refractivity contribution is 0.102. The number of ether oxygens (including phenoxy) is 1. The van der Waals surface area contributed by atoms with Gasteiger partial charge in [0.15, 0.2) is 5.82 Å². The van der Waals surface area contributed by atoms with Crippen molar-refractivity contribution in [2.75, 3.05) is 5.32 Å². The molecule has 1 N–H and O–H groups in total. The van der Waals surface area contributed by atoms with Crippen LogP contribution < -0.4 is 10.1 Å². The van der Waals surface area contributed by atoms with Crippen molar-refractivity contribution in [1.82, 2.24) is 19.7 Å². The summed E-state index contributed by atoms with van der Waals surface area (Å²) in [7, 11) is 0. The Morgan fingerprint density at radius 3 is 2.37 bits per heavy atom. The second kappa shape index (κ2) is 8.16. The molecule has 0 atom stereocenters. The molecule has 0 aliphatic carbocycles. The van der Waals surface area contributed by atoms with Crippen molar-refractivity contribution in [3.8, 4) is 17.4 Å². The van der Waals surface area contributed by atoms with Crippen LogP contribution in [0, 0.1) is 20.8 Å². The minimum absolute atomic E-state index is 0.150. The van der Waals surface area contributed by atoms with Crippen LogP contribution in [0.15, 0.2) is 67.0 Å². The van der Waals surface area contributed by atoms with E-state index in [0.29, 0.717) is 28.7 Å². The Bertz CT molecular complexity index is 1180. The van der Waals surface area contributed by atoms with Crippen molar-refractivity contribution < 1.29 is 9.53 Å². The summed E-state index contributed by atoms with van der Waals surface area (Å²) in [6.45, 7) is 5.91. The van der Waals surface area contributed by atoms with Gasteiger partial charge < -0.3 is 10.1 Å². The highest BCUT2D eigenvalue weighted by Gasteiger charge is 2.08. The zero-order valence-electron chi connectivity index (χ0n) is 17.0. The molecular weight excluding hydrogens is 378 g/mol. The van der Waals surface area contributed by atoms with E-state index in [1.807, 2.05) is 55.8 Å². The van der Waals surface area contributed by atoms with Gasteiger partial charge in [-0.2, -0.15) is 0 Å². The fourth-order valence-electron chi connectivity index (χ4n) is 2.93. The fourth-order valence-corrected chi connectivity index (χ4v) is 2.93. The van der Waals surface area contributed by atoms with Crippen molar-refractivity contribution in [2.45, 2.75) is 20.8 Å². The lowest BCUT2D eigenvalue weighted by Crippen LogP contribution is -2.12. The third-order valence-electron chi connectivity index (χ3n) is 4.80. The molecule has 0 fully saturated rings. The van der Waals surface area contributed by atoms with Crippen LogP contribution in [0.1, 0.15) is 27.3 Å². The smallest absolute Gasteiger partial charge is 0.255 e. The standard InChI is InChI=1S/C23H21N5O2/c1-15-4-5-18(14-16(15)2)23(29)25-19-6-8-20(9-7-19)30-22-11-10-21(26-27-22)28-13-12-24-17(28)3/h4-14H,1-3H3,(H,25,29). The van der Waals surface area contributed by atoms with E-state index in [1.54, 1.807) is 36.5 Å². The van der Waals surface area contributed by atoms with Crippen LogP contribution in [0.2, 0.25) is 0 Å². The van der Waals surface area contributed by atoms with Gasteiger partial charge in [0.1, 0.15) is 11.6 Å². The van der Waals surface area contributed by atoms with E-state index in [-0.39, 0.29) is 5.91 Å². The number of hydrogen-bond donors (Lipinski definition) is 1. The normalized spacial score (nSPS) is 10.6. The van der Waals surface area contributed by atoms with Gasteiger partial charge in [-0.25, -0.2) is 4.98 Å². The molecule has 0 radical (unpaired) electrons. The minimum atomic E-state index is -0.150. The number of nitrogens with zero attached hydrogens (tertiary/aromatic N) is 4. The topological polar surface area (TPSA) is 81.9 Å². The first-order chi connectivity index (χ1) is 14.5. The molecule has 0 saturated carbocycles.